The van der Waals surface area contributed by atoms with Crippen LogP contribution in [-0.4, -0.2) is 39.8 Å². The third-order valence-corrected chi connectivity index (χ3v) is 3.92. The first-order chi connectivity index (χ1) is 9.22. The molecule has 0 spiro atoms. The monoisotopic (exact) mass is 256 g/mol. The van der Waals surface area contributed by atoms with Crippen LogP contribution in [0.1, 0.15) is 12.0 Å². The maximum absolute atomic E-state index is 4.57. The SMILES string of the molecule is CN1CC[C@H](Cc2ccc(-c3ccnn3C)nc2)C1. The average Bonchev–Trinajstić information content (AvgIpc) is 3.00. The summed E-state index contributed by atoms with van der Waals surface area (Å²) in [5.74, 6) is 0.786. The van der Waals surface area contributed by atoms with Crippen molar-refractivity contribution in [3.8, 4) is 11.4 Å². The lowest BCUT2D eigenvalue weighted by molar-refractivity contribution is 0.394. The summed E-state index contributed by atoms with van der Waals surface area (Å²) < 4.78 is 1.86. The molecular formula is C15H20N4. The molecule has 0 saturated carbocycles. The van der Waals surface area contributed by atoms with Gasteiger partial charge in [0.1, 0.15) is 0 Å². The minimum Gasteiger partial charge on any atom is -0.306 e. The molecule has 0 amide bonds. The van der Waals surface area contributed by atoms with E-state index in [9.17, 15) is 0 Å². The van der Waals surface area contributed by atoms with Crippen LogP contribution in [0.4, 0.5) is 0 Å². The molecule has 1 fully saturated rings. The minimum atomic E-state index is 0.786. The smallest absolute Gasteiger partial charge is 0.0883 e. The fraction of sp³-hybridized carbons (Fsp3) is 0.467. The van der Waals surface area contributed by atoms with Gasteiger partial charge in [-0.05, 0) is 50.0 Å². The van der Waals surface area contributed by atoms with Crippen LogP contribution < -0.4 is 0 Å². The molecule has 100 valence electrons. The van der Waals surface area contributed by atoms with E-state index >= 15 is 0 Å². The van der Waals surface area contributed by atoms with Crippen LogP contribution in [0.3, 0.4) is 0 Å². The maximum Gasteiger partial charge on any atom is 0.0883 e. The molecule has 1 aliphatic rings. The lowest BCUT2D eigenvalue weighted by atomic mass is 10.00. The molecule has 19 heavy (non-hydrogen) atoms. The first-order valence-corrected chi connectivity index (χ1v) is 6.84. The Hall–Kier alpha value is -1.68. The molecule has 0 N–H and O–H groups in total. The van der Waals surface area contributed by atoms with Crippen LogP contribution in [0.5, 0.6) is 0 Å². The zero-order valence-electron chi connectivity index (χ0n) is 11.6. The normalized spacial score (nSPS) is 20.0. The van der Waals surface area contributed by atoms with Crippen molar-refractivity contribution in [3.63, 3.8) is 0 Å². The summed E-state index contributed by atoms with van der Waals surface area (Å²) in [7, 11) is 4.14. The Labute approximate surface area is 114 Å². The van der Waals surface area contributed by atoms with Crippen LogP contribution in [0.15, 0.2) is 30.6 Å². The van der Waals surface area contributed by atoms with Crippen LogP contribution in [0.25, 0.3) is 11.4 Å². The number of aryl methyl sites for hydroxylation is 1. The highest BCUT2D eigenvalue weighted by atomic mass is 15.3. The molecule has 1 saturated heterocycles. The zero-order chi connectivity index (χ0) is 13.2. The van der Waals surface area contributed by atoms with Crippen molar-refractivity contribution in [1.29, 1.82) is 0 Å². The molecule has 2 aromatic heterocycles. The molecule has 3 heterocycles. The Kier molecular flexibility index (Phi) is 3.34. The molecular weight excluding hydrogens is 236 g/mol. The Morgan fingerprint density at radius 3 is 2.74 bits per heavy atom. The third-order valence-electron chi connectivity index (χ3n) is 3.92. The minimum absolute atomic E-state index is 0.786. The highest BCUT2D eigenvalue weighted by molar-refractivity contribution is 5.53. The van der Waals surface area contributed by atoms with Gasteiger partial charge in [-0.3, -0.25) is 9.67 Å². The first-order valence-electron chi connectivity index (χ1n) is 6.84. The predicted octanol–water partition coefficient (Wildman–Crippen LogP) is 1.98. The summed E-state index contributed by atoms with van der Waals surface area (Å²) in [6.07, 6.45) is 6.27. The van der Waals surface area contributed by atoms with Gasteiger partial charge in [0.05, 0.1) is 11.4 Å². The summed E-state index contributed by atoms with van der Waals surface area (Å²) in [6.45, 7) is 2.44. The van der Waals surface area contributed by atoms with Crippen molar-refractivity contribution in [1.82, 2.24) is 19.7 Å². The third kappa shape index (κ3) is 2.68. The molecule has 0 aliphatic carbocycles. The number of pyridine rings is 1. The van der Waals surface area contributed by atoms with Gasteiger partial charge in [0.25, 0.3) is 0 Å². The summed E-state index contributed by atoms with van der Waals surface area (Å²) in [6, 6.07) is 6.30. The molecule has 0 unspecified atom stereocenters. The van der Waals surface area contributed by atoms with E-state index < -0.39 is 0 Å². The van der Waals surface area contributed by atoms with E-state index in [4.69, 9.17) is 0 Å². The van der Waals surface area contributed by atoms with Gasteiger partial charge >= 0.3 is 0 Å². The lowest BCUT2D eigenvalue weighted by Gasteiger charge is -2.10. The molecule has 0 radical (unpaired) electrons. The summed E-state index contributed by atoms with van der Waals surface area (Å²) in [5.41, 5.74) is 3.39. The number of nitrogens with zero attached hydrogens (tertiary/aromatic N) is 4. The van der Waals surface area contributed by atoms with Gasteiger partial charge in [-0.15, -0.1) is 0 Å². The van der Waals surface area contributed by atoms with Gasteiger partial charge in [-0.25, -0.2) is 0 Å². The van der Waals surface area contributed by atoms with Crippen molar-refractivity contribution in [2.24, 2.45) is 13.0 Å². The zero-order valence-corrected chi connectivity index (χ0v) is 11.6. The molecule has 0 bridgehead atoms. The van der Waals surface area contributed by atoms with Crippen LogP contribution in [0.2, 0.25) is 0 Å². The van der Waals surface area contributed by atoms with E-state index in [0.717, 1.165) is 23.7 Å². The highest BCUT2D eigenvalue weighted by Crippen LogP contribution is 2.21. The van der Waals surface area contributed by atoms with E-state index in [-0.39, 0.29) is 0 Å². The van der Waals surface area contributed by atoms with Gasteiger partial charge in [0, 0.05) is 26.0 Å². The maximum atomic E-state index is 4.57. The second-order valence-electron chi connectivity index (χ2n) is 5.51. The number of hydrogen-bond donors (Lipinski definition) is 0. The second-order valence-corrected chi connectivity index (χ2v) is 5.51. The lowest BCUT2D eigenvalue weighted by Crippen LogP contribution is -2.15. The standard InChI is InChI=1S/C15H20N4/c1-18-8-6-13(11-18)9-12-3-4-14(16-10-12)15-5-7-17-19(15)2/h3-5,7,10,13H,6,8-9,11H2,1-2H3/t13-/m1/s1. The van der Waals surface area contributed by atoms with Crippen molar-refractivity contribution >= 4 is 0 Å². The summed E-state index contributed by atoms with van der Waals surface area (Å²) in [5, 5.41) is 4.18. The summed E-state index contributed by atoms with van der Waals surface area (Å²) >= 11 is 0. The number of likely N-dealkylation sites (tertiary alicyclic amines) is 1. The van der Waals surface area contributed by atoms with Crippen molar-refractivity contribution in [3.05, 3.63) is 36.2 Å². The Morgan fingerprint density at radius 2 is 2.16 bits per heavy atom. The van der Waals surface area contributed by atoms with Gasteiger partial charge in [0.2, 0.25) is 0 Å². The molecule has 2 aromatic rings. The van der Waals surface area contributed by atoms with E-state index in [2.05, 4.69) is 34.2 Å². The topological polar surface area (TPSA) is 34.0 Å². The van der Waals surface area contributed by atoms with Gasteiger partial charge < -0.3 is 4.90 Å². The van der Waals surface area contributed by atoms with E-state index in [0.29, 0.717) is 0 Å². The predicted molar refractivity (Wildman–Crippen MR) is 75.7 cm³/mol. The Bertz CT molecular complexity index is 544. The quantitative estimate of drug-likeness (QED) is 0.842. The van der Waals surface area contributed by atoms with E-state index in [1.54, 1.807) is 6.20 Å². The molecule has 4 nitrogen and oxygen atoms in total. The highest BCUT2D eigenvalue weighted by Gasteiger charge is 2.19. The summed E-state index contributed by atoms with van der Waals surface area (Å²) in [4.78, 5) is 6.97. The fourth-order valence-corrected chi connectivity index (χ4v) is 2.85. The van der Waals surface area contributed by atoms with Crippen LogP contribution >= 0.6 is 0 Å². The molecule has 3 rings (SSSR count). The van der Waals surface area contributed by atoms with Gasteiger partial charge in [0.15, 0.2) is 0 Å². The van der Waals surface area contributed by atoms with Crippen molar-refractivity contribution in [2.45, 2.75) is 12.8 Å². The number of aromatic nitrogens is 3. The van der Waals surface area contributed by atoms with Gasteiger partial charge in [-0.2, -0.15) is 5.10 Å². The first kappa shape index (κ1) is 12.4. The Morgan fingerprint density at radius 1 is 1.26 bits per heavy atom. The molecule has 1 aliphatic heterocycles. The molecule has 1 atom stereocenters. The number of rotatable bonds is 3. The van der Waals surface area contributed by atoms with Crippen LogP contribution in [-0.2, 0) is 13.5 Å². The average molecular weight is 256 g/mol. The van der Waals surface area contributed by atoms with E-state index in [1.807, 2.05) is 24.0 Å². The van der Waals surface area contributed by atoms with Crippen molar-refractivity contribution < 1.29 is 0 Å². The molecule has 0 aromatic carbocycles. The van der Waals surface area contributed by atoms with E-state index in [1.165, 1.54) is 25.1 Å². The molecule has 4 heteroatoms. The largest absolute Gasteiger partial charge is 0.306 e. The second kappa shape index (κ2) is 5.13. The van der Waals surface area contributed by atoms with Gasteiger partial charge in [-0.1, -0.05) is 6.07 Å². The Balaban J connectivity index is 1.71. The number of hydrogen-bond acceptors (Lipinski definition) is 3. The van der Waals surface area contributed by atoms with Crippen molar-refractivity contribution in [2.75, 3.05) is 20.1 Å². The van der Waals surface area contributed by atoms with Crippen LogP contribution in [0, 0.1) is 5.92 Å². The fourth-order valence-electron chi connectivity index (χ4n) is 2.85.